The third-order valence-electron chi connectivity index (χ3n) is 6.25. The molecule has 5 heteroatoms. The zero-order chi connectivity index (χ0) is 22.5. The van der Waals surface area contributed by atoms with Crippen molar-refractivity contribution in [2.75, 3.05) is 13.1 Å². The van der Waals surface area contributed by atoms with E-state index >= 15 is 0 Å². The van der Waals surface area contributed by atoms with Crippen LogP contribution in [0.1, 0.15) is 42.0 Å². The van der Waals surface area contributed by atoms with Gasteiger partial charge in [0.25, 0.3) is 0 Å². The van der Waals surface area contributed by atoms with E-state index in [1.165, 1.54) is 12.1 Å². The Kier molecular flexibility index (Phi) is 7.23. The van der Waals surface area contributed by atoms with Crippen LogP contribution in [0.3, 0.4) is 0 Å². The van der Waals surface area contributed by atoms with Crippen LogP contribution in [0.4, 0.5) is 4.39 Å². The monoisotopic (exact) mass is 450 g/mol. The van der Waals surface area contributed by atoms with Gasteiger partial charge in [-0.25, -0.2) is 4.39 Å². The summed E-state index contributed by atoms with van der Waals surface area (Å²) in [6, 6.07) is 24.4. The Labute approximate surface area is 194 Å². The number of benzene rings is 3. The number of nitrogens with one attached hydrogen (secondary N) is 1. The first-order chi connectivity index (χ1) is 15.5. The topological polar surface area (TPSA) is 32.3 Å². The van der Waals surface area contributed by atoms with Crippen molar-refractivity contribution in [1.82, 2.24) is 10.2 Å². The molecule has 0 bridgehead atoms. The highest BCUT2D eigenvalue weighted by molar-refractivity contribution is 6.31. The Hall–Kier alpha value is -2.69. The van der Waals surface area contributed by atoms with Crippen molar-refractivity contribution in [3.05, 3.63) is 106 Å². The number of halogens is 2. The van der Waals surface area contributed by atoms with Crippen molar-refractivity contribution in [3.8, 4) is 0 Å². The summed E-state index contributed by atoms with van der Waals surface area (Å²) in [7, 11) is 0. The highest BCUT2D eigenvalue weighted by atomic mass is 35.5. The van der Waals surface area contributed by atoms with Crippen LogP contribution in [0.5, 0.6) is 0 Å². The van der Waals surface area contributed by atoms with E-state index in [2.05, 4.69) is 10.2 Å². The molecule has 1 heterocycles. The smallest absolute Gasteiger partial charge is 0.224 e. The van der Waals surface area contributed by atoms with Crippen LogP contribution in [0.25, 0.3) is 0 Å². The maximum atomic E-state index is 13.5. The van der Waals surface area contributed by atoms with Gasteiger partial charge in [-0.3, -0.25) is 9.69 Å². The third kappa shape index (κ3) is 5.56. The van der Waals surface area contributed by atoms with E-state index in [1.807, 2.05) is 73.7 Å². The standard InChI is InChI=1S/C27H28ClFN2O/c1-19(20-7-3-2-4-8-20)30-27(32)24-15-23(21-11-13-25(29)14-12-21)17-31(18-24)16-22-9-5-6-10-26(22)28/h2-14,19,23-24H,15-18H2,1H3,(H,30,32)/t19-,23+,24+/m1/s1. The van der Waals surface area contributed by atoms with Crippen molar-refractivity contribution in [2.24, 2.45) is 5.92 Å². The Morgan fingerprint density at radius 2 is 1.72 bits per heavy atom. The van der Waals surface area contributed by atoms with Gasteiger partial charge < -0.3 is 5.32 Å². The molecule has 1 fully saturated rings. The predicted molar refractivity (Wildman–Crippen MR) is 127 cm³/mol. The normalized spacial score (nSPS) is 20.0. The van der Waals surface area contributed by atoms with E-state index in [9.17, 15) is 9.18 Å². The van der Waals surface area contributed by atoms with Gasteiger partial charge in [-0.1, -0.05) is 72.3 Å². The summed E-state index contributed by atoms with van der Waals surface area (Å²) in [5.41, 5.74) is 3.19. The second-order valence-electron chi connectivity index (χ2n) is 8.61. The van der Waals surface area contributed by atoms with Gasteiger partial charge in [0.2, 0.25) is 5.91 Å². The maximum Gasteiger partial charge on any atom is 0.224 e. The lowest BCUT2D eigenvalue weighted by molar-refractivity contribution is -0.127. The minimum absolute atomic E-state index is 0.0531. The Balaban J connectivity index is 1.52. The molecule has 1 aliphatic rings. The molecule has 0 radical (unpaired) electrons. The first-order valence-corrected chi connectivity index (χ1v) is 11.4. The fourth-order valence-corrected chi connectivity index (χ4v) is 4.71. The van der Waals surface area contributed by atoms with Gasteiger partial charge >= 0.3 is 0 Å². The van der Waals surface area contributed by atoms with Crippen LogP contribution in [0.2, 0.25) is 5.02 Å². The zero-order valence-electron chi connectivity index (χ0n) is 18.2. The van der Waals surface area contributed by atoms with Crippen LogP contribution in [0, 0.1) is 11.7 Å². The molecule has 1 aliphatic heterocycles. The molecule has 0 aliphatic carbocycles. The van der Waals surface area contributed by atoms with Gasteiger partial charge in [0.15, 0.2) is 0 Å². The van der Waals surface area contributed by atoms with Gasteiger partial charge in [-0.2, -0.15) is 0 Å². The molecule has 3 atom stereocenters. The molecule has 1 amide bonds. The lowest BCUT2D eigenvalue weighted by Crippen LogP contribution is -2.45. The third-order valence-corrected chi connectivity index (χ3v) is 6.62. The first kappa shape index (κ1) is 22.5. The fraction of sp³-hybridized carbons (Fsp3) is 0.296. The molecule has 4 rings (SSSR count). The number of amides is 1. The average Bonchev–Trinajstić information content (AvgIpc) is 2.81. The molecule has 3 aromatic rings. The van der Waals surface area contributed by atoms with Crippen LogP contribution in [-0.2, 0) is 11.3 Å². The second kappa shape index (κ2) is 10.3. The van der Waals surface area contributed by atoms with Crippen molar-refractivity contribution in [1.29, 1.82) is 0 Å². The number of carbonyl (C=O) groups is 1. The fourth-order valence-electron chi connectivity index (χ4n) is 4.51. The molecule has 0 spiro atoms. The molecule has 1 N–H and O–H groups in total. The highest BCUT2D eigenvalue weighted by Gasteiger charge is 2.33. The average molecular weight is 451 g/mol. The molecule has 0 unspecified atom stereocenters. The van der Waals surface area contributed by atoms with Crippen LogP contribution in [-0.4, -0.2) is 23.9 Å². The summed E-state index contributed by atoms with van der Waals surface area (Å²) in [6.07, 6.45) is 0.734. The van der Waals surface area contributed by atoms with E-state index in [4.69, 9.17) is 11.6 Å². The largest absolute Gasteiger partial charge is 0.349 e. The van der Waals surface area contributed by atoms with Crippen LogP contribution >= 0.6 is 11.6 Å². The predicted octanol–water partition coefficient (Wildman–Crippen LogP) is 5.96. The molecule has 3 aromatic carbocycles. The number of nitrogens with zero attached hydrogens (tertiary/aromatic N) is 1. The minimum atomic E-state index is -0.247. The minimum Gasteiger partial charge on any atom is -0.349 e. The summed E-state index contributed by atoms with van der Waals surface area (Å²) in [4.78, 5) is 15.5. The second-order valence-corrected chi connectivity index (χ2v) is 9.01. The zero-order valence-corrected chi connectivity index (χ0v) is 18.9. The summed E-state index contributed by atoms with van der Waals surface area (Å²) in [6.45, 7) is 4.15. The van der Waals surface area contributed by atoms with Gasteiger partial charge in [0, 0.05) is 24.7 Å². The van der Waals surface area contributed by atoms with E-state index < -0.39 is 0 Å². The van der Waals surface area contributed by atoms with Crippen molar-refractivity contribution in [2.45, 2.75) is 31.8 Å². The summed E-state index contributed by atoms with van der Waals surface area (Å²) in [5, 5.41) is 3.92. The van der Waals surface area contributed by atoms with Crippen molar-refractivity contribution in [3.63, 3.8) is 0 Å². The van der Waals surface area contributed by atoms with Crippen molar-refractivity contribution < 1.29 is 9.18 Å². The molecule has 0 aromatic heterocycles. The molecular formula is C27H28ClFN2O. The van der Waals surface area contributed by atoms with Gasteiger partial charge in [0.05, 0.1) is 12.0 Å². The van der Waals surface area contributed by atoms with Crippen LogP contribution in [0.15, 0.2) is 78.9 Å². The molecule has 1 saturated heterocycles. The lowest BCUT2D eigenvalue weighted by atomic mass is 9.83. The van der Waals surface area contributed by atoms with E-state index in [1.54, 1.807) is 0 Å². The van der Waals surface area contributed by atoms with Crippen molar-refractivity contribution >= 4 is 17.5 Å². The molecule has 0 saturated carbocycles. The molecular weight excluding hydrogens is 423 g/mol. The first-order valence-electron chi connectivity index (χ1n) is 11.1. The van der Waals surface area contributed by atoms with E-state index in [0.29, 0.717) is 13.1 Å². The molecule has 3 nitrogen and oxygen atoms in total. The highest BCUT2D eigenvalue weighted by Crippen LogP contribution is 2.32. The number of likely N-dealkylation sites (tertiary alicyclic amines) is 1. The number of hydrogen-bond donors (Lipinski definition) is 1. The van der Waals surface area contributed by atoms with E-state index in [-0.39, 0.29) is 29.6 Å². The lowest BCUT2D eigenvalue weighted by Gasteiger charge is -2.38. The summed E-state index contributed by atoms with van der Waals surface area (Å²) >= 11 is 6.40. The maximum absolute atomic E-state index is 13.5. The molecule has 32 heavy (non-hydrogen) atoms. The Morgan fingerprint density at radius 3 is 2.44 bits per heavy atom. The molecule has 166 valence electrons. The Bertz CT molecular complexity index is 1040. The number of rotatable bonds is 6. The number of carbonyl (C=O) groups excluding carboxylic acids is 1. The quantitative estimate of drug-likeness (QED) is 0.502. The van der Waals surface area contributed by atoms with Gasteiger partial charge in [-0.05, 0) is 54.2 Å². The van der Waals surface area contributed by atoms with E-state index in [0.717, 1.165) is 34.7 Å². The van der Waals surface area contributed by atoms with Gasteiger partial charge in [0.1, 0.15) is 5.82 Å². The number of hydrogen-bond acceptors (Lipinski definition) is 2. The summed E-state index contributed by atoms with van der Waals surface area (Å²) < 4.78 is 13.5. The number of piperidine rings is 1. The van der Waals surface area contributed by atoms with Gasteiger partial charge in [-0.15, -0.1) is 0 Å². The Morgan fingerprint density at radius 1 is 1.03 bits per heavy atom. The summed E-state index contributed by atoms with van der Waals surface area (Å²) in [5.74, 6) is -0.206. The SMILES string of the molecule is C[C@@H](NC(=O)[C@H]1C[C@H](c2ccc(F)cc2)CN(Cc2ccccc2Cl)C1)c1ccccc1. The van der Waals surface area contributed by atoms with Crippen LogP contribution < -0.4 is 5.32 Å².